The van der Waals surface area contributed by atoms with Crippen molar-refractivity contribution in [2.45, 2.75) is 66.2 Å². The van der Waals surface area contributed by atoms with Gasteiger partial charge in [-0.15, -0.1) is 0 Å². The van der Waals surface area contributed by atoms with Crippen molar-refractivity contribution in [3.63, 3.8) is 0 Å². The molecule has 0 aromatic heterocycles. The summed E-state index contributed by atoms with van der Waals surface area (Å²) in [6.45, 7) is 16.6. The zero-order valence-electron chi connectivity index (χ0n) is 14.6. The van der Waals surface area contributed by atoms with Gasteiger partial charge in [-0.2, -0.15) is 12.8 Å². The predicted octanol–water partition coefficient (Wildman–Crippen LogP) is 4.64. The van der Waals surface area contributed by atoms with Gasteiger partial charge in [-0.1, -0.05) is 33.6 Å². The fraction of sp³-hybridized carbons (Fsp3) is 0.833. The van der Waals surface area contributed by atoms with Gasteiger partial charge in [-0.05, 0) is 43.4 Å². The van der Waals surface area contributed by atoms with E-state index < -0.39 is 0 Å². The van der Waals surface area contributed by atoms with Crippen LogP contribution in [0.4, 0.5) is 0 Å². The maximum Gasteiger partial charge on any atom is 0.220 e. The van der Waals surface area contributed by atoms with E-state index in [9.17, 15) is 4.79 Å². The standard InChI is InChI=1S/C10H19NO.C8H16.Y/c1-7(2)8-3-5-9(6-4-8)10(11)12;1-5-8(6-2)7(3)4;/h7-9H,3-6H2,1-2H3,(H2,11,12);7-8H,1-2,5-6H2,3-4H3;/q;-2;. The minimum Gasteiger partial charge on any atom is -0.369 e. The molecule has 0 saturated heterocycles. The van der Waals surface area contributed by atoms with Gasteiger partial charge in [0.1, 0.15) is 0 Å². The average molecular weight is 370 g/mol. The molecule has 3 heteroatoms. The normalized spacial score (nSPS) is 21.8. The SMILES string of the molecule is CC(C)C1CCC(C(N)=O)CC1.[CH2-]CC(C[CH2-])C(C)C.[Y]. The minimum atomic E-state index is -0.0998. The Morgan fingerprint density at radius 2 is 1.48 bits per heavy atom. The molecule has 0 unspecified atom stereocenters. The van der Waals surface area contributed by atoms with Crippen LogP contribution in [-0.2, 0) is 37.5 Å². The zero-order valence-corrected chi connectivity index (χ0v) is 17.4. The molecule has 0 aromatic rings. The number of hydrogen-bond acceptors (Lipinski definition) is 1. The summed E-state index contributed by atoms with van der Waals surface area (Å²) in [6, 6.07) is 0. The minimum absolute atomic E-state index is 0. The molecular weight excluding hydrogens is 335 g/mol. The first-order valence-corrected chi connectivity index (χ1v) is 8.21. The quantitative estimate of drug-likeness (QED) is 0.704. The predicted molar refractivity (Wildman–Crippen MR) is 87.8 cm³/mol. The summed E-state index contributed by atoms with van der Waals surface area (Å²) in [7, 11) is 0. The van der Waals surface area contributed by atoms with Gasteiger partial charge in [-0.3, -0.25) is 4.79 Å². The summed E-state index contributed by atoms with van der Waals surface area (Å²) in [5, 5.41) is 0. The van der Waals surface area contributed by atoms with Crippen LogP contribution in [0.25, 0.3) is 0 Å². The Morgan fingerprint density at radius 3 is 1.67 bits per heavy atom. The monoisotopic (exact) mass is 370 g/mol. The summed E-state index contributed by atoms with van der Waals surface area (Å²) in [5.74, 6) is 3.14. The molecule has 0 heterocycles. The smallest absolute Gasteiger partial charge is 0.220 e. The third-order valence-corrected chi connectivity index (χ3v) is 4.80. The Labute approximate surface area is 158 Å². The van der Waals surface area contributed by atoms with Crippen LogP contribution in [0.5, 0.6) is 0 Å². The van der Waals surface area contributed by atoms with E-state index in [0.29, 0.717) is 0 Å². The Balaban J connectivity index is 0. The van der Waals surface area contributed by atoms with Gasteiger partial charge in [-0.25, -0.2) is 0 Å². The number of amides is 1. The molecule has 0 bridgehead atoms. The van der Waals surface area contributed by atoms with E-state index >= 15 is 0 Å². The number of rotatable bonds is 5. The molecule has 2 N–H and O–H groups in total. The van der Waals surface area contributed by atoms with Crippen molar-refractivity contribution >= 4 is 5.91 Å². The van der Waals surface area contributed by atoms with Gasteiger partial charge in [0.25, 0.3) is 0 Å². The Morgan fingerprint density at radius 1 is 1.05 bits per heavy atom. The van der Waals surface area contributed by atoms with Gasteiger partial charge in [0, 0.05) is 38.6 Å². The zero-order chi connectivity index (χ0) is 15.7. The maximum absolute atomic E-state index is 10.9. The largest absolute Gasteiger partial charge is 0.369 e. The molecule has 1 fully saturated rings. The van der Waals surface area contributed by atoms with Crippen molar-refractivity contribution < 1.29 is 37.5 Å². The topological polar surface area (TPSA) is 43.1 Å². The van der Waals surface area contributed by atoms with Crippen molar-refractivity contribution in [2.24, 2.45) is 35.3 Å². The molecule has 1 saturated carbocycles. The van der Waals surface area contributed by atoms with E-state index in [4.69, 9.17) is 5.73 Å². The van der Waals surface area contributed by atoms with Crippen molar-refractivity contribution in [3.8, 4) is 0 Å². The van der Waals surface area contributed by atoms with E-state index in [1.54, 1.807) is 0 Å². The molecule has 0 aliphatic heterocycles. The van der Waals surface area contributed by atoms with Crippen LogP contribution >= 0.6 is 0 Å². The molecule has 1 rings (SSSR count). The molecule has 1 aliphatic carbocycles. The van der Waals surface area contributed by atoms with Crippen LogP contribution in [0.15, 0.2) is 0 Å². The first-order chi connectivity index (χ1) is 9.33. The maximum atomic E-state index is 10.9. The molecule has 0 spiro atoms. The number of carbonyl (C=O) groups excluding carboxylic acids is 1. The van der Waals surface area contributed by atoms with E-state index in [1.807, 2.05) is 0 Å². The van der Waals surface area contributed by atoms with Crippen LogP contribution in [0.2, 0.25) is 0 Å². The summed E-state index contributed by atoms with van der Waals surface area (Å²) in [5.41, 5.74) is 5.25. The molecular formula is C18H35NOY-2. The van der Waals surface area contributed by atoms with Crippen LogP contribution in [0.3, 0.4) is 0 Å². The fourth-order valence-corrected chi connectivity index (χ4v) is 2.88. The third kappa shape index (κ3) is 10.1. The molecule has 1 radical (unpaired) electrons. The van der Waals surface area contributed by atoms with Crippen molar-refractivity contribution in [2.75, 3.05) is 0 Å². The second-order valence-electron chi connectivity index (χ2n) is 6.84. The molecule has 1 amide bonds. The molecule has 21 heavy (non-hydrogen) atoms. The second kappa shape index (κ2) is 13.1. The first-order valence-electron chi connectivity index (χ1n) is 8.21. The first kappa shape index (κ1) is 23.8. The molecule has 1 aliphatic rings. The number of nitrogens with two attached hydrogens (primary N) is 1. The fourth-order valence-electron chi connectivity index (χ4n) is 2.88. The summed E-state index contributed by atoms with van der Waals surface area (Å²) < 4.78 is 0. The van der Waals surface area contributed by atoms with E-state index in [1.165, 1.54) is 12.8 Å². The molecule has 123 valence electrons. The van der Waals surface area contributed by atoms with Gasteiger partial charge < -0.3 is 19.6 Å². The van der Waals surface area contributed by atoms with Gasteiger partial charge in [0.2, 0.25) is 5.91 Å². The summed E-state index contributed by atoms with van der Waals surface area (Å²) in [6.07, 6.45) is 6.45. The average Bonchev–Trinajstić information content (AvgIpc) is 2.40. The van der Waals surface area contributed by atoms with E-state index in [-0.39, 0.29) is 44.5 Å². The van der Waals surface area contributed by atoms with Gasteiger partial charge in [0.05, 0.1) is 0 Å². The molecule has 2 nitrogen and oxygen atoms in total. The van der Waals surface area contributed by atoms with Gasteiger partial charge in [0.15, 0.2) is 0 Å². The molecule has 0 aromatic carbocycles. The van der Waals surface area contributed by atoms with Crippen LogP contribution in [-0.4, -0.2) is 5.91 Å². The third-order valence-electron chi connectivity index (χ3n) is 4.80. The number of hydrogen-bond donors (Lipinski definition) is 1. The van der Waals surface area contributed by atoms with Crippen molar-refractivity contribution in [1.29, 1.82) is 0 Å². The van der Waals surface area contributed by atoms with Gasteiger partial charge >= 0.3 is 0 Å². The summed E-state index contributed by atoms with van der Waals surface area (Å²) >= 11 is 0. The van der Waals surface area contributed by atoms with Crippen LogP contribution < -0.4 is 5.73 Å². The van der Waals surface area contributed by atoms with Crippen LogP contribution in [0.1, 0.15) is 66.2 Å². The number of carbonyl (C=O) groups is 1. The summed E-state index contributed by atoms with van der Waals surface area (Å²) in [4.78, 5) is 10.9. The number of primary amides is 1. The second-order valence-corrected chi connectivity index (χ2v) is 6.84. The van der Waals surface area contributed by atoms with E-state index in [2.05, 4.69) is 41.5 Å². The van der Waals surface area contributed by atoms with Crippen LogP contribution in [0, 0.1) is 43.4 Å². The Bertz CT molecular complexity index is 254. The Kier molecular flexibility index (Phi) is 14.8. The molecule has 0 atom stereocenters. The van der Waals surface area contributed by atoms with Crippen molar-refractivity contribution in [1.82, 2.24) is 0 Å². The van der Waals surface area contributed by atoms with Crippen molar-refractivity contribution in [3.05, 3.63) is 13.8 Å². The Hall–Kier alpha value is 0.574. The van der Waals surface area contributed by atoms with E-state index in [0.717, 1.165) is 49.4 Å².